The van der Waals surface area contributed by atoms with Gasteiger partial charge in [-0.15, -0.1) is 0 Å². The van der Waals surface area contributed by atoms with Crippen molar-refractivity contribution < 1.29 is 13.3 Å². The summed E-state index contributed by atoms with van der Waals surface area (Å²) in [6, 6.07) is 53.2. The van der Waals surface area contributed by atoms with Gasteiger partial charge in [0.15, 0.2) is 0 Å². The minimum Gasteiger partial charge on any atom is -0.456 e. The Morgan fingerprint density at radius 3 is 1.56 bits per heavy atom. The van der Waals surface area contributed by atoms with Crippen molar-refractivity contribution in [1.82, 2.24) is 0 Å². The third-order valence-corrected chi connectivity index (χ3v) is 14.5. The molecule has 0 saturated heterocycles. The highest BCUT2D eigenvalue weighted by Crippen LogP contribution is 2.50. The van der Waals surface area contributed by atoms with Crippen LogP contribution in [0.2, 0.25) is 0 Å². The van der Waals surface area contributed by atoms with E-state index < -0.39 is 0 Å². The SMILES string of the molecule is Cc1cc(C(C)(C)C)cc(C)c1N1c2cc(C(C)(C)C)cc3c2B(c2cc(-c4cc5ccccc5o4)ccc2N3c2ccc(-c3cc4ccccc4o3)cc2)c2c1oc1ccc(C(C)(C)C)cc21. The van der Waals surface area contributed by atoms with E-state index in [1.807, 2.05) is 24.3 Å². The van der Waals surface area contributed by atoms with Gasteiger partial charge in [-0.05, 0) is 154 Å². The zero-order valence-corrected chi connectivity index (χ0v) is 41.1. The van der Waals surface area contributed by atoms with E-state index in [9.17, 15) is 0 Å². The monoisotopic (exact) mass is 888 g/mol. The molecule has 0 radical (unpaired) electrons. The molecule has 0 unspecified atom stereocenters. The first kappa shape index (κ1) is 42.2. The molecule has 0 N–H and O–H groups in total. The van der Waals surface area contributed by atoms with Crippen molar-refractivity contribution in [3.8, 4) is 22.6 Å². The lowest BCUT2D eigenvalue weighted by Crippen LogP contribution is -2.61. The first-order valence-electron chi connectivity index (χ1n) is 24.1. The van der Waals surface area contributed by atoms with Gasteiger partial charge in [0.2, 0.25) is 5.88 Å². The molecular formula is C62H57BN2O3. The average Bonchev–Trinajstić information content (AvgIpc) is 4.04. The van der Waals surface area contributed by atoms with E-state index in [-0.39, 0.29) is 23.0 Å². The van der Waals surface area contributed by atoms with Crippen LogP contribution in [0.4, 0.5) is 34.3 Å². The zero-order chi connectivity index (χ0) is 47.2. The first-order chi connectivity index (χ1) is 32.4. The molecule has 3 aromatic heterocycles. The first-order valence-corrected chi connectivity index (χ1v) is 24.1. The van der Waals surface area contributed by atoms with Crippen LogP contribution in [-0.4, -0.2) is 6.71 Å². The van der Waals surface area contributed by atoms with Crippen LogP contribution >= 0.6 is 0 Å². The van der Waals surface area contributed by atoms with Crippen LogP contribution in [0.3, 0.4) is 0 Å². The minimum atomic E-state index is -0.176. The fourth-order valence-corrected chi connectivity index (χ4v) is 10.8. The van der Waals surface area contributed by atoms with Crippen molar-refractivity contribution in [2.75, 3.05) is 9.80 Å². The Morgan fingerprint density at radius 2 is 0.971 bits per heavy atom. The number of hydrogen-bond donors (Lipinski definition) is 0. The van der Waals surface area contributed by atoms with Crippen molar-refractivity contribution in [1.29, 1.82) is 0 Å². The van der Waals surface area contributed by atoms with Gasteiger partial charge in [0.25, 0.3) is 6.71 Å². The van der Waals surface area contributed by atoms with Crippen LogP contribution < -0.4 is 26.2 Å². The second-order valence-corrected chi connectivity index (χ2v) is 22.4. The smallest absolute Gasteiger partial charge is 0.257 e. The Hall–Kier alpha value is -7.18. The van der Waals surface area contributed by atoms with Gasteiger partial charge in [0.05, 0.1) is 5.69 Å². The third kappa shape index (κ3) is 6.59. The summed E-state index contributed by atoms with van der Waals surface area (Å²) in [5.74, 6) is 2.58. The van der Waals surface area contributed by atoms with Crippen LogP contribution in [-0.2, 0) is 16.2 Å². The highest BCUT2D eigenvalue weighted by atomic mass is 16.4. The standard InChI is InChI=1S/C62H57BN2O3/c1-36-28-43(61(6,7)8)29-37(2)58(36)65-50-35-44(62(9,10)11)34-49-57(50)63(56-46-33-42(60(3,4)5)23-27-53(46)68-59(56)65)47-30-41(55-32-40-17-13-15-19-52(40)67-55)22-26-48(47)64(49)45-24-20-38(21-25-45)54-31-39-16-12-14-18-51(39)66-54/h12-35H,1-11H3. The van der Waals surface area contributed by atoms with Crippen LogP contribution in [0.1, 0.15) is 90.1 Å². The lowest BCUT2D eigenvalue weighted by Gasteiger charge is -2.44. The zero-order valence-electron chi connectivity index (χ0n) is 41.1. The average molecular weight is 889 g/mol. The van der Waals surface area contributed by atoms with Crippen molar-refractivity contribution >= 4 is 90.3 Å². The van der Waals surface area contributed by atoms with E-state index in [4.69, 9.17) is 13.3 Å². The number of benzene rings is 7. The molecule has 0 spiro atoms. The maximum Gasteiger partial charge on any atom is 0.257 e. The second kappa shape index (κ2) is 14.7. The highest BCUT2D eigenvalue weighted by molar-refractivity contribution is 7.01. The number of rotatable bonds is 4. The topological polar surface area (TPSA) is 45.9 Å². The van der Waals surface area contributed by atoms with Crippen LogP contribution in [0.25, 0.3) is 55.6 Å². The Morgan fingerprint density at radius 1 is 0.426 bits per heavy atom. The molecule has 0 atom stereocenters. The number of furan rings is 3. The quantitative estimate of drug-likeness (QED) is 0.165. The molecule has 336 valence electrons. The van der Waals surface area contributed by atoms with Gasteiger partial charge in [-0.25, -0.2) is 0 Å². The van der Waals surface area contributed by atoms with E-state index >= 15 is 0 Å². The summed E-state index contributed by atoms with van der Waals surface area (Å²) in [5, 5.41) is 3.32. The predicted octanol–water partition coefficient (Wildman–Crippen LogP) is 15.9. The number of hydrogen-bond acceptors (Lipinski definition) is 5. The Bertz CT molecular complexity index is 3590. The van der Waals surface area contributed by atoms with Crippen molar-refractivity contribution in [2.24, 2.45) is 0 Å². The van der Waals surface area contributed by atoms with Gasteiger partial charge in [-0.3, -0.25) is 4.90 Å². The number of fused-ring (bicyclic) bond motifs is 8. The van der Waals surface area contributed by atoms with Gasteiger partial charge in [0, 0.05) is 55.5 Å². The van der Waals surface area contributed by atoms with E-state index in [0.717, 1.165) is 89.9 Å². The molecule has 0 fully saturated rings. The summed E-state index contributed by atoms with van der Waals surface area (Å²) in [7, 11) is 0. The maximum absolute atomic E-state index is 7.35. The largest absolute Gasteiger partial charge is 0.456 e. The molecule has 0 bridgehead atoms. The Labute approximate surface area is 400 Å². The summed E-state index contributed by atoms with van der Waals surface area (Å²) in [6.07, 6.45) is 0. The normalized spacial score (nSPS) is 13.7. The molecule has 2 aliphatic heterocycles. The summed E-state index contributed by atoms with van der Waals surface area (Å²) in [4.78, 5) is 4.98. The molecule has 6 heteroatoms. The molecule has 5 heterocycles. The number of anilines is 6. The lowest BCUT2D eigenvalue weighted by molar-refractivity contribution is 0.587. The minimum absolute atomic E-state index is 0.0119. The number of nitrogens with zero attached hydrogens (tertiary/aromatic N) is 2. The van der Waals surface area contributed by atoms with Gasteiger partial charge in [-0.2, -0.15) is 0 Å². The number of aryl methyl sites for hydroxylation is 2. The van der Waals surface area contributed by atoms with E-state index in [1.165, 1.54) is 44.2 Å². The molecule has 7 aromatic carbocycles. The van der Waals surface area contributed by atoms with Crippen molar-refractivity contribution in [2.45, 2.75) is 92.4 Å². The highest BCUT2D eigenvalue weighted by Gasteiger charge is 2.47. The van der Waals surface area contributed by atoms with E-state index in [0.29, 0.717) is 0 Å². The van der Waals surface area contributed by atoms with E-state index in [1.54, 1.807) is 0 Å². The summed E-state index contributed by atoms with van der Waals surface area (Å²) < 4.78 is 20.4. The summed E-state index contributed by atoms with van der Waals surface area (Å²) in [6.45, 7) is 25.1. The summed E-state index contributed by atoms with van der Waals surface area (Å²) in [5.41, 5.74) is 20.0. The molecule has 0 amide bonds. The van der Waals surface area contributed by atoms with Crippen molar-refractivity contribution in [3.63, 3.8) is 0 Å². The van der Waals surface area contributed by atoms with Crippen molar-refractivity contribution in [3.05, 3.63) is 173 Å². The van der Waals surface area contributed by atoms with Crippen LogP contribution in [0.15, 0.2) is 159 Å². The molecule has 12 rings (SSSR count). The van der Waals surface area contributed by atoms with Gasteiger partial charge < -0.3 is 18.2 Å². The molecule has 68 heavy (non-hydrogen) atoms. The Balaban J connectivity index is 1.18. The predicted molar refractivity (Wildman–Crippen MR) is 286 cm³/mol. The molecule has 0 saturated carbocycles. The van der Waals surface area contributed by atoms with E-state index in [2.05, 4.69) is 207 Å². The molecule has 10 aromatic rings. The Kier molecular flexibility index (Phi) is 9.10. The molecule has 5 nitrogen and oxygen atoms in total. The fraction of sp³-hybridized carbons (Fsp3) is 0.226. The fourth-order valence-electron chi connectivity index (χ4n) is 10.8. The molecule has 2 aliphatic rings. The molecular weight excluding hydrogens is 832 g/mol. The second-order valence-electron chi connectivity index (χ2n) is 22.4. The lowest BCUT2D eigenvalue weighted by atomic mass is 9.33. The van der Waals surface area contributed by atoms with Crippen LogP contribution in [0.5, 0.6) is 0 Å². The number of para-hydroxylation sites is 2. The van der Waals surface area contributed by atoms with Gasteiger partial charge >= 0.3 is 0 Å². The van der Waals surface area contributed by atoms with Crippen LogP contribution in [0, 0.1) is 13.8 Å². The van der Waals surface area contributed by atoms with Gasteiger partial charge in [0.1, 0.15) is 28.3 Å². The third-order valence-electron chi connectivity index (χ3n) is 14.5. The van der Waals surface area contributed by atoms with Gasteiger partial charge in [-0.1, -0.05) is 123 Å². The summed E-state index contributed by atoms with van der Waals surface area (Å²) >= 11 is 0. The maximum atomic E-state index is 7.35. The molecule has 0 aliphatic carbocycles.